The molecule has 5 N–H and O–H groups in total. The van der Waals surface area contributed by atoms with Crippen molar-refractivity contribution < 1.29 is 49.3 Å². The van der Waals surface area contributed by atoms with Crippen molar-refractivity contribution in [3.8, 4) is 0 Å². The monoisotopic (exact) mass is 444 g/mol. The molecule has 2 fully saturated rings. The lowest BCUT2D eigenvalue weighted by atomic mass is 9.86. The van der Waals surface area contributed by atoms with Gasteiger partial charge in [0.25, 0.3) is 0 Å². The summed E-state index contributed by atoms with van der Waals surface area (Å²) in [7, 11) is 0. The first kappa shape index (κ1) is 24.1. The Morgan fingerprint density at radius 3 is 2.55 bits per heavy atom. The van der Waals surface area contributed by atoms with Gasteiger partial charge in [-0.2, -0.15) is 0 Å². The summed E-state index contributed by atoms with van der Waals surface area (Å²) >= 11 is 0. The second-order valence-corrected chi connectivity index (χ2v) is 8.75. The molecule has 3 aliphatic rings. The van der Waals surface area contributed by atoms with Gasteiger partial charge in [0.15, 0.2) is 6.29 Å². The quantitative estimate of drug-likeness (QED) is 0.249. The molecule has 0 bridgehead atoms. The van der Waals surface area contributed by atoms with Crippen molar-refractivity contribution in [3.63, 3.8) is 0 Å². The van der Waals surface area contributed by atoms with Crippen molar-refractivity contribution in [1.29, 1.82) is 0 Å². The van der Waals surface area contributed by atoms with Crippen LogP contribution in [0.25, 0.3) is 0 Å². The van der Waals surface area contributed by atoms with E-state index in [9.17, 15) is 30.3 Å². The molecule has 1 saturated carbocycles. The zero-order valence-corrected chi connectivity index (χ0v) is 17.7. The average molecular weight is 444 g/mol. The van der Waals surface area contributed by atoms with Crippen LogP contribution in [0.2, 0.25) is 0 Å². The van der Waals surface area contributed by atoms with Gasteiger partial charge in [0, 0.05) is 12.3 Å². The average Bonchev–Trinajstić information content (AvgIpc) is 3.01. The summed E-state index contributed by atoms with van der Waals surface area (Å²) in [6, 6.07) is 0. The molecule has 2 heterocycles. The minimum absolute atomic E-state index is 0.0729. The number of hydrogen-bond donors (Lipinski definition) is 5. The SMILES string of the molecule is C=C1[C@H]2[C@H](OC(=O)CC(C)C)OC=C(CO[C@@H]3O[C@@H](CO)[C@@H](O)[C@@H](O)[C@H]3O)[C@H]2C[C@@H]1O. The molecule has 3 rings (SSSR count). The van der Waals surface area contributed by atoms with E-state index in [0.717, 1.165) is 0 Å². The smallest absolute Gasteiger partial charge is 0.309 e. The van der Waals surface area contributed by atoms with Crippen molar-refractivity contribution in [2.75, 3.05) is 13.2 Å². The van der Waals surface area contributed by atoms with E-state index in [1.165, 1.54) is 6.26 Å². The maximum Gasteiger partial charge on any atom is 0.309 e. The van der Waals surface area contributed by atoms with E-state index in [1.807, 2.05) is 13.8 Å². The minimum Gasteiger partial charge on any atom is -0.462 e. The van der Waals surface area contributed by atoms with Gasteiger partial charge in [-0.1, -0.05) is 20.4 Å². The zero-order chi connectivity index (χ0) is 22.9. The molecular weight excluding hydrogens is 412 g/mol. The topological polar surface area (TPSA) is 155 Å². The molecule has 0 amide bonds. The summed E-state index contributed by atoms with van der Waals surface area (Å²) in [5.74, 6) is -0.993. The van der Waals surface area contributed by atoms with Gasteiger partial charge in [-0.05, 0) is 23.5 Å². The van der Waals surface area contributed by atoms with E-state index >= 15 is 0 Å². The normalized spacial score (nSPS) is 40.3. The Morgan fingerprint density at radius 2 is 1.90 bits per heavy atom. The van der Waals surface area contributed by atoms with Crippen LogP contribution in [0.15, 0.2) is 24.0 Å². The standard InChI is InChI=1S/C21H32O10/c1-9(2)4-15(24)31-20-16-10(3)13(23)5-12(16)11(7-28-20)8-29-21-19(27)18(26)17(25)14(6-22)30-21/h7,9,12-14,16-23,25-27H,3-6,8H2,1-2H3/t12-,13+,14+,16-,17-,18-,19-,20+,21-/m1/s1. The lowest BCUT2D eigenvalue weighted by molar-refractivity contribution is -0.299. The fourth-order valence-electron chi connectivity index (χ4n) is 4.23. The van der Waals surface area contributed by atoms with Crippen molar-refractivity contribution in [3.05, 3.63) is 24.0 Å². The lowest BCUT2D eigenvalue weighted by Crippen LogP contribution is -2.59. The summed E-state index contributed by atoms with van der Waals surface area (Å²) in [6.07, 6.45) is -6.61. The number of rotatable bonds is 7. The first-order valence-electron chi connectivity index (χ1n) is 10.5. The maximum atomic E-state index is 12.1. The third kappa shape index (κ3) is 5.11. The summed E-state index contributed by atoms with van der Waals surface area (Å²) in [4.78, 5) is 12.1. The van der Waals surface area contributed by atoms with Crippen LogP contribution in [0.3, 0.4) is 0 Å². The van der Waals surface area contributed by atoms with E-state index < -0.39 is 61.6 Å². The van der Waals surface area contributed by atoms with Crippen molar-refractivity contribution in [1.82, 2.24) is 0 Å². The Morgan fingerprint density at radius 1 is 1.19 bits per heavy atom. The van der Waals surface area contributed by atoms with Crippen molar-refractivity contribution >= 4 is 5.97 Å². The minimum atomic E-state index is -1.54. The number of ether oxygens (including phenoxy) is 4. The molecule has 1 aliphatic carbocycles. The highest BCUT2D eigenvalue weighted by Gasteiger charge is 2.49. The van der Waals surface area contributed by atoms with Crippen LogP contribution in [0.5, 0.6) is 0 Å². The second kappa shape index (κ2) is 9.95. The molecule has 1 saturated heterocycles. The predicted octanol–water partition coefficient (Wildman–Crippen LogP) is -0.814. The van der Waals surface area contributed by atoms with Gasteiger partial charge >= 0.3 is 5.97 Å². The zero-order valence-electron chi connectivity index (χ0n) is 17.7. The van der Waals surface area contributed by atoms with E-state index in [-0.39, 0.29) is 24.9 Å². The fourth-order valence-corrected chi connectivity index (χ4v) is 4.23. The van der Waals surface area contributed by atoms with Gasteiger partial charge in [0.05, 0.1) is 31.5 Å². The van der Waals surface area contributed by atoms with Gasteiger partial charge in [-0.3, -0.25) is 4.79 Å². The van der Waals surface area contributed by atoms with Gasteiger partial charge in [-0.25, -0.2) is 0 Å². The molecule has 2 aliphatic heterocycles. The summed E-state index contributed by atoms with van der Waals surface area (Å²) < 4.78 is 22.1. The molecule has 0 aromatic carbocycles. The molecule has 0 spiro atoms. The summed E-state index contributed by atoms with van der Waals surface area (Å²) in [5, 5.41) is 49.5. The van der Waals surface area contributed by atoms with Gasteiger partial charge in [-0.15, -0.1) is 0 Å². The Bertz CT molecular complexity index is 690. The second-order valence-electron chi connectivity index (χ2n) is 8.75. The van der Waals surface area contributed by atoms with Crippen LogP contribution in [0.4, 0.5) is 0 Å². The molecule has 0 unspecified atom stereocenters. The number of aliphatic hydroxyl groups is 5. The lowest BCUT2D eigenvalue weighted by Gasteiger charge is -2.40. The van der Waals surface area contributed by atoms with E-state index in [2.05, 4.69) is 6.58 Å². The number of aliphatic hydroxyl groups excluding tert-OH is 5. The first-order valence-corrected chi connectivity index (χ1v) is 10.5. The number of hydrogen-bond acceptors (Lipinski definition) is 10. The molecule has 9 atom stereocenters. The Kier molecular flexibility index (Phi) is 7.74. The number of esters is 1. The highest BCUT2D eigenvalue weighted by molar-refractivity contribution is 5.69. The molecule has 0 radical (unpaired) electrons. The maximum absolute atomic E-state index is 12.1. The van der Waals surface area contributed by atoms with Crippen molar-refractivity contribution in [2.24, 2.45) is 17.8 Å². The van der Waals surface area contributed by atoms with E-state index in [4.69, 9.17) is 18.9 Å². The first-order chi connectivity index (χ1) is 14.6. The van der Waals surface area contributed by atoms with Crippen LogP contribution in [0, 0.1) is 17.8 Å². The van der Waals surface area contributed by atoms with Crippen LogP contribution >= 0.6 is 0 Å². The van der Waals surface area contributed by atoms with Crippen molar-refractivity contribution in [2.45, 2.75) is 69.8 Å². The molecular formula is C21H32O10. The van der Waals surface area contributed by atoms with Gasteiger partial charge in [0.1, 0.15) is 24.4 Å². The molecule has 0 aromatic heterocycles. The summed E-state index contributed by atoms with van der Waals surface area (Å²) in [5.41, 5.74) is 1.14. The summed E-state index contributed by atoms with van der Waals surface area (Å²) in [6.45, 7) is 7.10. The van der Waals surface area contributed by atoms with E-state index in [0.29, 0.717) is 17.6 Å². The Hall–Kier alpha value is -1.53. The highest BCUT2D eigenvalue weighted by Crippen LogP contribution is 2.46. The Labute approximate surface area is 180 Å². The van der Waals surface area contributed by atoms with Gasteiger partial charge < -0.3 is 44.5 Å². The van der Waals surface area contributed by atoms with Crippen LogP contribution in [0.1, 0.15) is 26.7 Å². The van der Waals surface area contributed by atoms with Crippen LogP contribution < -0.4 is 0 Å². The van der Waals surface area contributed by atoms with E-state index in [1.54, 1.807) is 0 Å². The predicted molar refractivity (Wildman–Crippen MR) is 105 cm³/mol. The molecule has 31 heavy (non-hydrogen) atoms. The number of carbonyl (C=O) groups excluding carboxylic acids is 1. The fraction of sp³-hybridized carbons (Fsp3) is 0.762. The van der Waals surface area contributed by atoms with Gasteiger partial charge in [0.2, 0.25) is 6.29 Å². The third-order valence-corrected chi connectivity index (χ3v) is 5.98. The van der Waals surface area contributed by atoms with Crippen LogP contribution in [-0.4, -0.2) is 87.8 Å². The molecule has 10 nitrogen and oxygen atoms in total. The largest absolute Gasteiger partial charge is 0.462 e. The highest BCUT2D eigenvalue weighted by atomic mass is 16.7. The number of fused-ring (bicyclic) bond motifs is 1. The Balaban J connectivity index is 1.68. The van der Waals surface area contributed by atoms with Crippen LogP contribution in [-0.2, 0) is 23.7 Å². The molecule has 10 heteroatoms. The number of carbonyl (C=O) groups is 1. The third-order valence-electron chi connectivity index (χ3n) is 5.98. The molecule has 176 valence electrons. The molecule has 0 aromatic rings.